The number of hydrogen-bond acceptors (Lipinski definition) is 2. The molecule has 1 amide bonds. The molecule has 2 rings (SSSR count). The zero-order chi connectivity index (χ0) is 9.42. The molecule has 0 spiro atoms. The van der Waals surface area contributed by atoms with Crippen molar-refractivity contribution in [1.82, 2.24) is 10.2 Å². The molecule has 0 aromatic heterocycles. The maximum atomic E-state index is 11.7. The maximum Gasteiger partial charge on any atom is 0.241 e. The second-order valence-corrected chi connectivity index (χ2v) is 4.02. The summed E-state index contributed by atoms with van der Waals surface area (Å²) in [6, 6.07) is 0.132. The molecule has 0 aliphatic carbocycles. The molecule has 0 unspecified atom stereocenters. The van der Waals surface area contributed by atoms with Crippen LogP contribution in [0.1, 0.15) is 26.7 Å². The minimum Gasteiger partial charge on any atom is -0.329 e. The van der Waals surface area contributed by atoms with Crippen LogP contribution in [0.4, 0.5) is 0 Å². The van der Waals surface area contributed by atoms with Crippen LogP contribution in [-0.4, -0.2) is 29.9 Å². The lowest BCUT2D eigenvalue weighted by atomic mass is 10.2. The molecule has 1 saturated heterocycles. The van der Waals surface area contributed by atoms with E-state index in [1.165, 1.54) is 5.57 Å². The Morgan fingerprint density at radius 1 is 1.46 bits per heavy atom. The number of carbonyl (C=O) groups is 1. The van der Waals surface area contributed by atoms with Crippen LogP contribution in [0.2, 0.25) is 0 Å². The second kappa shape index (κ2) is 3.14. The van der Waals surface area contributed by atoms with Gasteiger partial charge in [-0.05, 0) is 38.8 Å². The molecule has 0 bridgehead atoms. The molecular formula is C10H16N2O. The van der Waals surface area contributed by atoms with Gasteiger partial charge in [0, 0.05) is 12.2 Å². The van der Waals surface area contributed by atoms with Gasteiger partial charge in [0.15, 0.2) is 0 Å². The molecule has 0 aromatic rings. The molecular weight excluding hydrogens is 164 g/mol. The average molecular weight is 180 g/mol. The summed E-state index contributed by atoms with van der Waals surface area (Å²) < 4.78 is 0. The Hall–Kier alpha value is -0.830. The Morgan fingerprint density at radius 2 is 2.23 bits per heavy atom. The van der Waals surface area contributed by atoms with Crippen molar-refractivity contribution in [2.45, 2.75) is 32.7 Å². The fourth-order valence-electron chi connectivity index (χ4n) is 2.11. The van der Waals surface area contributed by atoms with E-state index in [0.29, 0.717) is 0 Å². The molecule has 2 heterocycles. The average Bonchev–Trinajstić information content (AvgIpc) is 2.48. The van der Waals surface area contributed by atoms with Gasteiger partial charge in [-0.3, -0.25) is 9.69 Å². The monoisotopic (exact) mass is 180 g/mol. The third-order valence-electron chi connectivity index (χ3n) is 3.06. The van der Waals surface area contributed by atoms with Gasteiger partial charge < -0.3 is 5.32 Å². The number of rotatable bonds is 0. The zero-order valence-electron chi connectivity index (χ0n) is 8.26. The predicted molar refractivity (Wildman–Crippen MR) is 51.1 cm³/mol. The van der Waals surface area contributed by atoms with E-state index in [4.69, 9.17) is 0 Å². The first-order valence-electron chi connectivity index (χ1n) is 4.90. The van der Waals surface area contributed by atoms with Gasteiger partial charge in [-0.25, -0.2) is 0 Å². The van der Waals surface area contributed by atoms with E-state index in [2.05, 4.69) is 17.1 Å². The summed E-state index contributed by atoms with van der Waals surface area (Å²) in [5.74, 6) is 0.187. The van der Waals surface area contributed by atoms with E-state index in [0.717, 1.165) is 31.6 Å². The van der Waals surface area contributed by atoms with Gasteiger partial charge in [0.2, 0.25) is 5.91 Å². The normalized spacial score (nSPS) is 30.0. The summed E-state index contributed by atoms with van der Waals surface area (Å²) in [6.07, 6.45) is 2.18. The van der Waals surface area contributed by atoms with E-state index in [1.807, 2.05) is 6.92 Å². The third kappa shape index (κ3) is 1.48. The number of nitrogens with zero attached hydrogens (tertiary/aromatic N) is 1. The van der Waals surface area contributed by atoms with Gasteiger partial charge >= 0.3 is 0 Å². The molecule has 13 heavy (non-hydrogen) atoms. The summed E-state index contributed by atoms with van der Waals surface area (Å²) in [5.41, 5.74) is 2.33. The van der Waals surface area contributed by atoms with Crippen molar-refractivity contribution in [2.75, 3.05) is 13.1 Å². The Bertz CT molecular complexity index is 270. The van der Waals surface area contributed by atoms with Crippen molar-refractivity contribution in [2.24, 2.45) is 0 Å². The molecule has 0 aromatic carbocycles. The highest BCUT2D eigenvalue weighted by molar-refractivity contribution is 5.84. The fourth-order valence-corrected chi connectivity index (χ4v) is 2.11. The van der Waals surface area contributed by atoms with Crippen molar-refractivity contribution in [3.8, 4) is 0 Å². The number of hydrogen-bond donors (Lipinski definition) is 1. The number of carbonyl (C=O) groups excluding carboxylic acids is 1. The van der Waals surface area contributed by atoms with Gasteiger partial charge in [-0.1, -0.05) is 0 Å². The van der Waals surface area contributed by atoms with Gasteiger partial charge in [0.25, 0.3) is 0 Å². The lowest BCUT2D eigenvalue weighted by Gasteiger charge is -2.19. The van der Waals surface area contributed by atoms with Crippen LogP contribution in [0, 0.1) is 0 Å². The largest absolute Gasteiger partial charge is 0.329 e. The van der Waals surface area contributed by atoms with E-state index in [1.54, 1.807) is 0 Å². The van der Waals surface area contributed by atoms with Crippen molar-refractivity contribution in [3.63, 3.8) is 0 Å². The first-order valence-corrected chi connectivity index (χ1v) is 4.90. The Labute approximate surface area is 78.8 Å². The number of nitrogens with one attached hydrogen (secondary N) is 1. The number of fused-ring (bicyclic) bond motifs is 1. The molecule has 2 aliphatic heterocycles. The van der Waals surface area contributed by atoms with Gasteiger partial charge in [-0.2, -0.15) is 0 Å². The number of allylic oxidation sites excluding steroid dienone is 1. The van der Waals surface area contributed by atoms with Crippen LogP contribution >= 0.6 is 0 Å². The highest BCUT2D eigenvalue weighted by Crippen LogP contribution is 2.21. The topological polar surface area (TPSA) is 32.3 Å². The van der Waals surface area contributed by atoms with Crippen LogP contribution in [0.15, 0.2) is 11.3 Å². The van der Waals surface area contributed by atoms with Crippen LogP contribution in [-0.2, 0) is 4.79 Å². The van der Waals surface area contributed by atoms with Gasteiger partial charge in [0.1, 0.15) is 0 Å². The molecule has 2 aliphatic rings. The van der Waals surface area contributed by atoms with Crippen molar-refractivity contribution in [1.29, 1.82) is 0 Å². The predicted octanol–water partition coefficient (Wildman–Crippen LogP) is 0.874. The Balaban J connectivity index is 2.24. The van der Waals surface area contributed by atoms with E-state index in [9.17, 15) is 4.79 Å². The summed E-state index contributed by atoms with van der Waals surface area (Å²) >= 11 is 0. The first kappa shape index (κ1) is 8.75. The summed E-state index contributed by atoms with van der Waals surface area (Å²) in [5, 5.41) is 2.96. The molecule has 3 heteroatoms. The fraction of sp³-hybridized carbons (Fsp3) is 0.700. The molecule has 1 atom stereocenters. The highest BCUT2D eigenvalue weighted by Gasteiger charge is 2.32. The lowest BCUT2D eigenvalue weighted by molar-refractivity contribution is -0.124. The lowest BCUT2D eigenvalue weighted by Crippen LogP contribution is -2.40. The summed E-state index contributed by atoms with van der Waals surface area (Å²) in [7, 11) is 0. The summed E-state index contributed by atoms with van der Waals surface area (Å²) in [4.78, 5) is 13.9. The zero-order valence-corrected chi connectivity index (χ0v) is 8.26. The minimum atomic E-state index is 0.132. The molecule has 0 radical (unpaired) electrons. The Morgan fingerprint density at radius 3 is 3.00 bits per heavy atom. The standard InChI is InChI=1S/C10H16N2O/c1-7-6-12-5-3-4-9(12)10(13)11-8(7)2/h9H,3-6H2,1-2H3,(H,11,13)/t9-/m0/s1. The van der Waals surface area contributed by atoms with Crippen molar-refractivity contribution in [3.05, 3.63) is 11.3 Å². The minimum absolute atomic E-state index is 0.132. The van der Waals surface area contributed by atoms with Gasteiger partial charge in [-0.15, -0.1) is 0 Å². The SMILES string of the molecule is CC1=C(C)NC(=O)[C@@H]2CCCN2C1. The molecule has 1 N–H and O–H groups in total. The number of amides is 1. The third-order valence-corrected chi connectivity index (χ3v) is 3.06. The van der Waals surface area contributed by atoms with Crippen molar-refractivity contribution >= 4 is 5.91 Å². The van der Waals surface area contributed by atoms with Crippen LogP contribution < -0.4 is 5.32 Å². The maximum absolute atomic E-state index is 11.7. The van der Waals surface area contributed by atoms with Crippen molar-refractivity contribution < 1.29 is 4.79 Å². The first-order chi connectivity index (χ1) is 6.18. The van der Waals surface area contributed by atoms with E-state index in [-0.39, 0.29) is 11.9 Å². The molecule has 1 fully saturated rings. The van der Waals surface area contributed by atoms with E-state index < -0.39 is 0 Å². The molecule has 0 saturated carbocycles. The van der Waals surface area contributed by atoms with E-state index >= 15 is 0 Å². The molecule has 3 nitrogen and oxygen atoms in total. The van der Waals surface area contributed by atoms with Crippen LogP contribution in [0.3, 0.4) is 0 Å². The van der Waals surface area contributed by atoms with Crippen LogP contribution in [0.5, 0.6) is 0 Å². The highest BCUT2D eigenvalue weighted by atomic mass is 16.2. The summed E-state index contributed by atoms with van der Waals surface area (Å²) in [6.45, 7) is 6.10. The Kier molecular flexibility index (Phi) is 2.12. The second-order valence-electron chi connectivity index (χ2n) is 4.02. The van der Waals surface area contributed by atoms with Gasteiger partial charge in [0.05, 0.1) is 6.04 Å². The smallest absolute Gasteiger partial charge is 0.241 e. The van der Waals surface area contributed by atoms with Crippen LogP contribution in [0.25, 0.3) is 0 Å². The quantitative estimate of drug-likeness (QED) is 0.600. The molecule has 72 valence electrons.